The number of hydrogen-bond donors (Lipinski definition) is 4. The van der Waals surface area contributed by atoms with Gasteiger partial charge in [-0.15, -0.1) is 0 Å². The van der Waals surface area contributed by atoms with E-state index in [9.17, 15) is 4.79 Å². The number of hydrogen-bond acceptors (Lipinski definition) is 7. The highest BCUT2D eigenvalue weighted by atomic mass is 32.2. The highest BCUT2D eigenvalue weighted by Crippen LogP contribution is 2.14. The number of amides is 1. The molecule has 0 saturated carbocycles. The number of primary amides is 1. The van der Waals surface area contributed by atoms with Crippen LogP contribution >= 0.6 is 11.8 Å². The number of nitrogens with zero attached hydrogens (tertiary/aromatic N) is 2. The first-order valence-corrected chi connectivity index (χ1v) is 5.65. The average Bonchev–Trinajstić information content (AvgIpc) is 2.24. The van der Waals surface area contributed by atoms with E-state index in [0.29, 0.717) is 16.8 Å². The summed E-state index contributed by atoms with van der Waals surface area (Å²) in [5.74, 6) is -0.0350. The second-order valence-electron chi connectivity index (χ2n) is 2.96. The lowest BCUT2D eigenvalue weighted by Crippen LogP contribution is -2.34. The summed E-state index contributed by atoms with van der Waals surface area (Å²) in [7, 11) is 0. The third kappa shape index (κ3) is 3.55. The lowest BCUT2D eigenvalue weighted by atomic mass is 10.3. The minimum atomic E-state index is -1.26. The number of thioether (sulfide) groups is 1. The predicted octanol–water partition coefficient (Wildman–Crippen LogP) is -0.961. The van der Waals surface area contributed by atoms with Crippen molar-refractivity contribution in [3.8, 4) is 0 Å². The summed E-state index contributed by atoms with van der Waals surface area (Å²) in [5.41, 5.74) is 10.4. The van der Waals surface area contributed by atoms with E-state index in [4.69, 9.17) is 16.6 Å². The molecule has 0 aliphatic carbocycles. The van der Waals surface area contributed by atoms with E-state index in [2.05, 4.69) is 15.3 Å². The Morgan fingerprint density at radius 2 is 2.38 bits per heavy atom. The van der Waals surface area contributed by atoms with Gasteiger partial charge in [0.1, 0.15) is 17.7 Å². The molecule has 0 fully saturated rings. The molecule has 0 aliphatic rings. The normalized spacial score (nSPS) is 12.1. The Morgan fingerprint density at radius 3 is 2.94 bits per heavy atom. The van der Waals surface area contributed by atoms with E-state index < -0.39 is 12.0 Å². The van der Waals surface area contributed by atoms with E-state index in [1.54, 1.807) is 0 Å². The first-order chi connectivity index (χ1) is 7.52. The summed E-state index contributed by atoms with van der Waals surface area (Å²) in [6.07, 6.45) is 0.561. The van der Waals surface area contributed by atoms with Gasteiger partial charge in [-0.3, -0.25) is 4.79 Å². The van der Waals surface area contributed by atoms with Gasteiger partial charge in [-0.25, -0.2) is 9.97 Å². The quantitative estimate of drug-likeness (QED) is 0.387. The first kappa shape index (κ1) is 12.5. The fourth-order valence-electron chi connectivity index (χ4n) is 0.927. The summed E-state index contributed by atoms with van der Waals surface area (Å²) in [4.78, 5) is 18.6. The monoisotopic (exact) mass is 243 g/mol. The number of nitrogen functional groups attached to an aromatic ring is 1. The molecular formula is C8H13N5O2S. The second-order valence-corrected chi connectivity index (χ2v) is 3.74. The summed E-state index contributed by atoms with van der Waals surface area (Å²) in [6, 6.07) is 1.51. The van der Waals surface area contributed by atoms with E-state index in [1.165, 1.54) is 17.8 Å². The van der Waals surface area contributed by atoms with Gasteiger partial charge in [-0.1, -0.05) is 11.8 Å². The number of nitrogens with one attached hydrogen (secondary N) is 1. The van der Waals surface area contributed by atoms with Crippen LogP contribution in [0.3, 0.4) is 0 Å². The van der Waals surface area contributed by atoms with Crippen LogP contribution < -0.4 is 16.8 Å². The summed E-state index contributed by atoms with van der Waals surface area (Å²) in [5, 5.41) is 12.4. The van der Waals surface area contributed by atoms with Crippen molar-refractivity contribution in [3.63, 3.8) is 0 Å². The molecule has 1 rings (SSSR count). The van der Waals surface area contributed by atoms with Gasteiger partial charge in [-0.2, -0.15) is 0 Å². The van der Waals surface area contributed by atoms with E-state index in [1.807, 2.05) is 6.26 Å². The van der Waals surface area contributed by atoms with Gasteiger partial charge >= 0.3 is 0 Å². The van der Waals surface area contributed by atoms with E-state index >= 15 is 0 Å². The molecule has 16 heavy (non-hydrogen) atoms. The van der Waals surface area contributed by atoms with Gasteiger partial charge in [0.15, 0.2) is 5.16 Å². The number of carbonyl (C=O) groups excluding carboxylic acids is 1. The van der Waals surface area contributed by atoms with Crippen LogP contribution in [-0.2, 0) is 4.79 Å². The van der Waals surface area contributed by atoms with Gasteiger partial charge < -0.3 is 21.9 Å². The van der Waals surface area contributed by atoms with Crippen LogP contribution in [0.15, 0.2) is 11.2 Å². The molecule has 0 bridgehead atoms. The zero-order valence-corrected chi connectivity index (χ0v) is 9.49. The molecule has 6 N–H and O–H groups in total. The minimum absolute atomic E-state index is 0.0143. The van der Waals surface area contributed by atoms with Crippen LogP contribution in [0, 0.1) is 0 Å². The fourth-order valence-corrected chi connectivity index (χ4v) is 1.31. The maximum Gasteiger partial charge on any atom is 0.248 e. The first-order valence-electron chi connectivity index (χ1n) is 4.42. The van der Waals surface area contributed by atoms with Crippen LogP contribution in [-0.4, -0.2) is 39.9 Å². The molecule has 0 saturated heterocycles. The summed E-state index contributed by atoms with van der Waals surface area (Å²) in [6.45, 7) is -0.0143. The Morgan fingerprint density at radius 1 is 1.69 bits per heavy atom. The zero-order valence-electron chi connectivity index (χ0n) is 8.67. The number of rotatable bonds is 5. The summed E-state index contributed by atoms with van der Waals surface area (Å²) < 4.78 is 0. The smallest absolute Gasteiger partial charge is 0.248 e. The average molecular weight is 243 g/mol. The van der Waals surface area contributed by atoms with Crippen LogP contribution in [0.4, 0.5) is 11.6 Å². The van der Waals surface area contributed by atoms with Crippen molar-refractivity contribution in [2.24, 2.45) is 5.73 Å². The highest BCUT2D eigenvalue weighted by molar-refractivity contribution is 7.98. The molecule has 0 aliphatic heterocycles. The Bertz CT molecular complexity index is 387. The minimum Gasteiger partial charge on any atom is -0.383 e. The molecule has 1 amide bonds. The van der Waals surface area contributed by atoms with Crippen LogP contribution in [0.1, 0.15) is 0 Å². The largest absolute Gasteiger partial charge is 0.383 e. The van der Waals surface area contributed by atoms with Crippen molar-refractivity contribution < 1.29 is 9.90 Å². The number of aliphatic hydroxyl groups excluding tert-OH is 1. The number of aromatic nitrogens is 2. The van der Waals surface area contributed by atoms with Gasteiger partial charge in [0.05, 0.1) is 6.54 Å². The molecule has 1 unspecified atom stereocenters. The van der Waals surface area contributed by atoms with Gasteiger partial charge in [-0.05, 0) is 6.26 Å². The van der Waals surface area contributed by atoms with Crippen molar-refractivity contribution in [3.05, 3.63) is 6.07 Å². The number of aliphatic hydroxyl groups is 1. The Hall–Kier alpha value is -1.54. The van der Waals surface area contributed by atoms with E-state index in [0.717, 1.165) is 0 Å². The number of anilines is 2. The fraction of sp³-hybridized carbons (Fsp3) is 0.375. The Balaban J connectivity index is 2.66. The molecule has 0 radical (unpaired) electrons. The summed E-state index contributed by atoms with van der Waals surface area (Å²) >= 11 is 1.34. The molecule has 0 spiro atoms. The Labute approximate surface area is 96.6 Å². The molecule has 0 aromatic carbocycles. The third-order valence-electron chi connectivity index (χ3n) is 1.71. The van der Waals surface area contributed by atoms with Crippen LogP contribution in [0.2, 0.25) is 0 Å². The molecule has 1 aromatic heterocycles. The molecular weight excluding hydrogens is 230 g/mol. The highest BCUT2D eigenvalue weighted by Gasteiger charge is 2.10. The molecule has 1 aromatic rings. The SMILES string of the molecule is CSc1nc(N)cc(NCC(O)C(N)=O)n1. The van der Waals surface area contributed by atoms with Gasteiger partial charge in [0.25, 0.3) is 0 Å². The van der Waals surface area contributed by atoms with E-state index in [-0.39, 0.29) is 6.54 Å². The maximum absolute atomic E-state index is 10.6. The third-order valence-corrected chi connectivity index (χ3v) is 2.26. The predicted molar refractivity (Wildman–Crippen MR) is 61.9 cm³/mol. The van der Waals surface area contributed by atoms with Crippen LogP contribution in [0.5, 0.6) is 0 Å². The topological polar surface area (TPSA) is 127 Å². The van der Waals surface area contributed by atoms with Crippen molar-refractivity contribution in [2.75, 3.05) is 23.9 Å². The lowest BCUT2D eigenvalue weighted by Gasteiger charge is -2.09. The zero-order chi connectivity index (χ0) is 12.1. The second kappa shape index (κ2) is 5.52. The molecule has 1 heterocycles. The molecule has 1 atom stereocenters. The van der Waals surface area contributed by atoms with Crippen molar-refractivity contribution in [1.82, 2.24) is 9.97 Å². The van der Waals surface area contributed by atoms with Gasteiger partial charge in [0.2, 0.25) is 5.91 Å². The van der Waals surface area contributed by atoms with Crippen molar-refractivity contribution in [1.29, 1.82) is 0 Å². The van der Waals surface area contributed by atoms with Gasteiger partial charge in [0, 0.05) is 6.07 Å². The maximum atomic E-state index is 10.6. The lowest BCUT2D eigenvalue weighted by molar-refractivity contribution is -0.125. The standard InChI is InChI=1S/C8H13N5O2S/c1-16-8-12-5(9)2-6(13-8)11-3-4(14)7(10)15/h2,4,14H,3H2,1H3,(H2,10,15)(H3,9,11,12,13). The molecule has 8 heteroatoms. The number of carbonyl (C=O) groups is 1. The van der Waals surface area contributed by atoms with Crippen LogP contribution in [0.25, 0.3) is 0 Å². The molecule has 7 nitrogen and oxygen atoms in total. The van der Waals surface area contributed by atoms with Crippen molar-refractivity contribution >= 4 is 29.3 Å². The number of nitrogens with two attached hydrogens (primary N) is 2. The molecule has 88 valence electrons. The Kier molecular flexibility index (Phi) is 4.32. The van der Waals surface area contributed by atoms with Crippen molar-refractivity contribution in [2.45, 2.75) is 11.3 Å².